The van der Waals surface area contributed by atoms with Crippen molar-refractivity contribution in [1.29, 1.82) is 0 Å². The molecule has 148 valence electrons. The maximum absolute atomic E-state index is 12.9. The average molecular weight is 398 g/mol. The van der Waals surface area contributed by atoms with E-state index in [-0.39, 0.29) is 36.1 Å². The lowest BCUT2D eigenvalue weighted by Gasteiger charge is -2.06. The molecule has 6 nitrogen and oxygen atoms in total. The average Bonchev–Trinajstić information content (AvgIpc) is 2.72. The Hall–Kier alpha value is -3.81. The Labute approximate surface area is 165 Å². The first-order valence-electron chi connectivity index (χ1n) is 8.73. The van der Waals surface area contributed by atoms with E-state index in [9.17, 15) is 23.6 Å². The molecule has 0 unspecified atom stereocenters. The van der Waals surface area contributed by atoms with E-state index < -0.39 is 11.8 Å². The van der Waals surface area contributed by atoms with Crippen molar-refractivity contribution >= 4 is 11.8 Å². The lowest BCUT2D eigenvalue weighted by atomic mass is 10.2. The maximum atomic E-state index is 12.9. The van der Waals surface area contributed by atoms with Crippen molar-refractivity contribution in [3.8, 4) is 0 Å². The summed E-state index contributed by atoms with van der Waals surface area (Å²) >= 11 is 0. The Morgan fingerprint density at radius 1 is 0.724 bits per heavy atom. The van der Waals surface area contributed by atoms with Crippen molar-refractivity contribution in [3.63, 3.8) is 0 Å². The number of benzene rings is 2. The fourth-order valence-electron chi connectivity index (χ4n) is 2.60. The number of hydrogen-bond acceptors (Lipinski definition) is 3. The molecular formula is C21H18F2N3O3+. The number of amides is 2. The van der Waals surface area contributed by atoms with Gasteiger partial charge in [-0.05, 0) is 41.5 Å². The second-order valence-corrected chi connectivity index (χ2v) is 6.23. The van der Waals surface area contributed by atoms with Crippen LogP contribution in [-0.4, -0.2) is 17.0 Å². The lowest BCUT2D eigenvalue weighted by molar-refractivity contribution is -0.906. The van der Waals surface area contributed by atoms with Crippen molar-refractivity contribution < 1.29 is 28.3 Å². The van der Waals surface area contributed by atoms with Crippen LogP contribution in [0.25, 0.3) is 0 Å². The highest BCUT2D eigenvalue weighted by Gasteiger charge is 2.27. The van der Waals surface area contributed by atoms with E-state index >= 15 is 0 Å². The minimum absolute atomic E-state index is 0.125. The van der Waals surface area contributed by atoms with Gasteiger partial charge in [0.25, 0.3) is 0 Å². The van der Waals surface area contributed by atoms with Crippen LogP contribution >= 0.6 is 0 Å². The largest absolute Gasteiger partial charge is 0.343 e. The summed E-state index contributed by atoms with van der Waals surface area (Å²) in [6, 6.07) is 15.4. The monoisotopic (exact) mass is 398 g/mol. The van der Waals surface area contributed by atoms with Crippen molar-refractivity contribution in [1.82, 2.24) is 10.6 Å². The molecule has 29 heavy (non-hydrogen) atoms. The quantitative estimate of drug-likeness (QED) is 0.440. The van der Waals surface area contributed by atoms with E-state index in [2.05, 4.69) is 10.6 Å². The number of halogens is 2. The summed E-state index contributed by atoms with van der Waals surface area (Å²) in [5.74, 6) is -1.98. The smallest absolute Gasteiger partial charge is 0.322 e. The highest BCUT2D eigenvalue weighted by molar-refractivity contribution is 5.93. The molecule has 3 aromatic rings. The van der Waals surface area contributed by atoms with Crippen LogP contribution in [0.15, 0.2) is 66.7 Å². The Morgan fingerprint density at radius 2 is 1.10 bits per heavy atom. The first kappa shape index (κ1) is 19.9. The first-order valence-corrected chi connectivity index (χ1v) is 8.73. The van der Waals surface area contributed by atoms with Gasteiger partial charge in [-0.3, -0.25) is 14.8 Å². The number of hydrogen-bond donors (Lipinski definition) is 3. The zero-order chi connectivity index (χ0) is 20.8. The molecule has 0 aliphatic heterocycles. The number of pyridine rings is 1. The summed E-state index contributed by atoms with van der Waals surface area (Å²) in [4.78, 5) is 24.7. The molecule has 1 aromatic heterocycles. The second kappa shape index (κ2) is 8.92. The van der Waals surface area contributed by atoms with Gasteiger partial charge in [0.05, 0.1) is 0 Å². The predicted octanol–water partition coefficient (Wildman–Crippen LogP) is 2.35. The van der Waals surface area contributed by atoms with Crippen molar-refractivity contribution in [2.75, 3.05) is 0 Å². The number of nitrogens with one attached hydrogen (secondary N) is 2. The van der Waals surface area contributed by atoms with Crippen LogP contribution in [0, 0.1) is 11.6 Å². The fourth-order valence-corrected chi connectivity index (χ4v) is 2.60. The van der Waals surface area contributed by atoms with Crippen LogP contribution in [0.3, 0.4) is 0 Å². The van der Waals surface area contributed by atoms with Gasteiger partial charge in [-0.15, -0.1) is 0 Å². The molecule has 0 aliphatic rings. The van der Waals surface area contributed by atoms with Crippen LogP contribution in [0.5, 0.6) is 0 Å². The van der Waals surface area contributed by atoms with Gasteiger partial charge >= 0.3 is 23.2 Å². The molecule has 8 heteroatoms. The summed E-state index contributed by atoms with van der Waals surface area (Å²) < 4.78 is 26.4. The zero-order valence-corrected chi connectivity index (χ0v) is 15.2. The highest BCUT2D eigenvalue weighted by atomic mass is 19.1. The molecule has 2 aromatic carbocycles. The standard InChI is InChI=1S/C21H17F2N3O3/c22-16-8-4-14(5-9-16)12-24-20(27)18-2-1-3-19(26(18)29)21(28)25-13-15-6-10-17(23)11-7-15/h1-11H,12-13H2,(H2-,24,25,27,28,29)/p+1. The van der Waals surface area contributed by atoms with Gasteiger partial charge in [-0.2, -0.15) is 0 Å². The molecule has 0 bridgehead atoms. The topological polar surface area (TPSA) is 82.3 Å². The number of aromatic nitrogens is 1. The molecule has 0 aliphatic carbocycles. The second-order valence-electron chi connectivity index (χ2n) is 6.23. The minimum atomic E-state index is -0.606. The molecule has 0 atom stereocenters. The number of carbonyl (C=O) groups is 2. The molecule has 3 rings (SSSR count). The summed E-state index contributed by atoms with van der Waals surface area (Å²) in [6.07, 6.45) is 0. The zero-order valence-electron chi connectivity index (χ0n) is 15.2. The Bertz CT molecular complexity index is 943. The summed E-state index contributed by atoms with van der Waals surface area (Å²) in [5.41, 5.74) is 1.08. The number of rotatable bonds is 6. The molecule has 0 spiro atoms. The Balaban J connectivity index is 1.65. The van der Waals surface area contributed by atoms with Gasteiger partial charge in [-0.1, -0.05) is 24.3 Å². The summed E-state index contributed by atoms with van der Waals surface area (Å²) in [5, 5.41) is 15.5. The van der Waals surface area contributed by atoms with Gasteiger partial charge < -0.3 is 10.6 Å². The van der Waals surface area contributed by atoms with Gasteiger partial charge in [0.2, 0.25) is 0 Å². The molecule has 0 saturated carbocycles. The molecule has 0 radical (unpaired) electrons. The third kappa shape index (κ3) is 5.13. The summed E-state index contributed by atoms with van der Waals surface area (Å²) in [6.45, 7) is 0.250. The van der Waals surface area contributed by atoms with Crippen LogP contribution < -0.4 is 15.4 Å². The van der Waals surface area contributed by atoms with Crippen LogP contribution in [0.1, 0.15) is 32.1 Å². The van der Waals surface area contributed by atoms with E-state index in [1.54, 1.807) is 0 Å². The Morgan fingerprint density at radius 3 is 1.48 bits per heavy atom. The van der Waals surface area contributed by atoms with E-state index in [1.807, 2.05) is 0 Å². The molecular weight excluding hydrogens is 380 g/mol. The number of nitrogens with zero attached hydrogens (tertiary/aromatic N) is 1. The van der Waals surface area contributed by atoms with Gasteiger partial charge in [-0.25, -0.2) is 8.78 Å². The third-order valence-corrected chi connectivity index (χ3v) is 4.16. The number of carbonyl (C=O) groups excluding carboxylic acids is 2. The minimum Gasteiger partial charge on any atom is -0.343 e. The predicted molar refractivity (Wildman–Crippen MR) is 99.0 cm³/mol. The van der Waals surface area contributed by atoms with Crippen LogP contribution in [0.4, 0.5) is 8.78 Å². The SMILES string of the molecule is O=C(NCc1ccc(F)cc1)c1cccc(C(=O)NCc2ccc(F)cc2)[n+]1O. The third-order valence-electron chi connectivity index (χ3n) is 4.16. The van der Waals surface area contributed by atoms with Gasteiger partial charge in [0.15, 0.2) is 0 Å². The molecule has 0 fully saturated rings. The van der Waals surface area contributed by atoms with Crippen molar-refractivity contribution in [3.05, 3.63) is 101 Å². The highest BCUT2D eigenvalue weighted by Crippen LogP contribution is 2.05. The van der Waals surface area contributed by atoms with Gasteiger partial charge in [0, 0.05) is 30.0 Å². The molecule has 1 heterocycles. The maximum Gasteiger partial charge on any atom is 0.322 e. The Kier molecular flexibility index (Phi) is 6.13. The van der Waals surface area contributed by atoms with Crippen molar-refractivity contribution in [2.45, 2.75) is 13.1 Å². The summed E-state index contributed by atoms with van der Waals surface area (Å²) in [7, 11) is 0. The van der Waals surface area contributed by atoms with Crippen molar-refractivity contribution in [2.24, 2.45) is 0 Å². The molecule has 0 saturated heterocycles. The molecule has 3 N–H and O–H groups in total. The van der Waals surface area contributed by atoms with E-state index in [0.29, 0.717) is 15.9 Å². The lowest BCUT2D eigenvalue weighted by Crippen LogP contribution is -2.48. The van der Waals surface area contributed by atoms with E-state index in [4.69, 9.17) is 0 Å². The van der Waals surface area contributed by atoms with E-state index in [0.717, 1.165) is 0 Å². The van der Waals surface area contributed by atoms with Crippen LogP contribution in [0.2, 0.25) is 0 Å². The normalized spacial score (nSPS) is 10.4. The fraction of sp³-hybridized carbons (Fsp3) is 0.0952. The first-order chi connectivity index (χ1) is 13.9. The van der Waals surface area contributed by atoms with E-state index in [1.165, 1.54) is 66.7 Å². The van der Waals surface area contributed by atoms with Crippen LogP contribution in [-0.2, 0) is 13.1 Å². The molecule has 2 amide bonds. The van der Waals surface area contributed by atoms with Gasteiger partial charge in [0.1, 0.15) is 11.6 Å².